The van der Waals surface area contributed by atoms with Gasteiger partial charge in [0.15, 0.2) is 5.78 Å². The fourth-order valence-corrected chi connectivity index (χ4v) is 2.24. The minimum Gasteiger partial charge on any atom is -0.382 e. The molecule has 134 valence electrons. The number of nitrogens with one attached hydrogen (secondary N) is 1. The Morgan fingerprint density at radius 2 is 1.74 bits per heavy atom. The van der Waals surface area contributed by atoms with E-state index in [1.54, 1.807) is 7.11 Å². The van der Waals surface area contributed by atoms with Crippen LogP contribution < -0.4 is 5.32 Å². The normalized spacial score (nSPS) is 13.4. The quantitative estimate of drug-likeness (QED) is 0.492. The Balaban J connectivity index is 4.22. The molecule has 6 nitrogen and oxygen atoms in total. The van der Waals surface area contributed by atoms with Gasteiger partial charge in [-0.3, -0.25) is 9.59 Å². The van der Waals surface area contributed by atoms with E-state index in [1.807, 2.05) is 13.8 Å². The van der Waals surface area contributed by atoms with Crippen LogP contribution in [0.5, 0.6) is 0 Å². The largest absolute Gasteiger partial charge is 0.382 e. The summed E-state index contributed by atoms with van der Waals surface area (Å²) in [7, 11) is 1.61. The van der Waals surface area contributed by atoms with Gasteiger partial charge >= 0.3 is 0 Å². The van der Waals surface area contributed by atoms with Gasteiger partial charge in [-0.15, -0.1) is 0 Å². The van der Waals surface area contributed by atoms with Gasteiger partial charge in [-0.05, 0) is 26.2 Å². The van der Waals surface area contributed by atoms with Crippen LogP contribution >= 0.6 is 0 Å². The van der Waals surface area contributed by atoms with E-state index in [9.17, 15) is 14.4 Å². The summed E-state index contributed by atoms with van der Waals surface area (Å²) in [5.74, 6) is -0.570. The predicted octanol–water partition coefficient (Wildman–Crippen LogP) is 1.90. The highest BCUT2D eigenvalue weighted by Gasteiger charge is 2.23. The number of methoxy groups -OCH3 is 1. The van der Waals surface area contributed by atoms with Gasteiger partial charge in [0.05, 0.1) is 19.3 Å². The zero-order chi connectivity index (χ0) is 17.7. The minimum atomic E-state index is -0.484. The van der Waals surface area contributed by atoms with Gasteiger partial charge < -0.3 is 19.6 Å². The lowest BCUT2D eigenvalue weighted by molar-refractivity contribution is -0.132. The van der Waals surface area contributed by atoms with Gasteiger partial charge in [0.25, 0.3) is 0 Å². The third kappa shape index (κ3) is 10.2. The van der Waals surface area contributed by atoms with Crippen molar-refractivity contribution in [3.8, 4) is 0 Å². The molecule has 0 saturated heterocycles. The van der Waals surface area contributed by atoms with Crippen LogP contribution in [0.1, 0.15) is 52.9 Å². The van der Waals surface area contributed by atoms with Gasteiger partial charge in [-0.2, -0.15) is 0 Å². The molecule has 0 heterocycles. The zero-order valence-electron chi connectivity index (χ0n) is 14.9. The fraction of sp³-hybridized carbons (Fsp3) is 0.824. The first-order valence-corrected chi connectivity index (χ1v) is 8.35. The minimum absolute atomic E-state index is 0.00821. The number of hydrogen-bond acceptors (Lipinski definition) is 5. The molecule has 0 aliphatic heterocycles. The number of hydrogen-bond donors (Lipinski definition) is 1. The fourth-order valence-electron chi connectivity index (χ4n) is 2.24. The molecule has 0 rings (SSSR count). The topological polar surface area (TPSA) is 81.7 Å². The summed E-state index contributed by atoms with van der Waals surface area (Å²) in [5, 5.41) is 2.78. The predicted molar refractivity (Wildman–Crippen MR) is 88.2 cm³/mol. The van der Waals surface area contributed by atoms with Crippen molar-refractivity contribution < 1.29 is 23.9 Å². The van der Waals surface area contributed by atoms with Crippen LogP contribution in [0.3, 0.4) is 0 Å². The molecule has 0 fully saturated rings. The molecule has 6 heteroatoms. The van der Waals surface area contributed by atoms with Crippen molar-refractivity contribution in [3.63, 3.8) is 0 Å². The first kappa shape index (κ1) is 21.7. The zero-order valence-corrected chi connectivity index (χ0v) is 14.9. The average Bonchev–Trinajstić information content (AvgIpc) is 2.52. The Morgan fingerprint density at radius 1 is 1.04 bits per heavy atom. The molecular weight excluding hydrogens is 298 g/mol. The summed E-state index contributed by atoms with van der Waals surface area (Å²) in [6.45, 7) is 6.76. The molecule has 23 heavy (non-hydrogen) atoms. The molecular formula is C17H31NO5. The monoisotopic (exact) mass is 329 g/mol. The lowest BCUT2D eigenvalue weighted by Gasteiger charge is -2.20. The third-order valence-electron chi connectivity index (χ3n) is 3.65. The molecule has 0 aromatic heterocycles. The molecule has 0 aliphatic carbocycles. The molecule has 0 spiro atoms. The lowest BCUT2D eigenvalue weighted by Crippen LogP contribution is -2.43. The molecule has 1 N–H and O–H groups in total. The van der Waals surface area contributed by atoms with Crippen LogP contribution in [0.4, 0.5) is 0 Å². The average molecular weight is 329 g/mol. The molecule has 0 radical (unpaired) electrons. The van der Waals surface area contributed by atoms with Crippen LogP contribution in [0.15, 0.2) is 0 Å². The maximum absolute atomic E-state index is 12.2. The maximum Gasteiger partial charge on any atom is 0.224 e. The van der Waals surface area contributed by atoms with Crippen LogP contribution in [0, 0.1) is 5.92 Å². The molecule has 0 unspecified atom stereocenters. The molecule has 0 bridgehead atoms. The molecule has 0 aromatic rings. The highest BCUT2D eigenvalue weighted by atomic mass is 16.5. The summed E-state index contributed by atoms with van der Waals surface area (Å²) in [5.41, 5.74) is 0. The van der Waals surface area contributed by atoms with Crippen LogP contribution in [-0.4, -0.2) is 50.4 Å². The summed E-state index contributed by atoms with van der Waals surface area (Å²) >= 11 is 0. The standard InChI is InChI=1S/C17H31NO5/c1-5-14(12-13(3)19)17(21)18-15(6-2)16(20)8-7-9-23-11-10-22-4/h14-15H,5-12H2,1-4H3,(H,18,21)/t14-,15-/m1/s1. The third-order valence-corrected chi connectivity index (χ3v) is 3.65. The second-order valence-electron chi connectivity index (χ2n) is 5.66. The summed E-state index contributed by atoms with van der Waals surface area (Å²) in [6.07, 6.45) is 2.35. The Kier molecular flexibility index (Phi) is 12.5. The van der Waals surface area contributed by atoms with Crippen LogP contribution in [0.2, 0.25) is 0 Å². The first-order chi connectivity index (χ1) is 11.0. The number of Topliss-reactive ketones (excluding diaryl/α,β-unsaturated/α-hetero) is 2. The molecule has 0 saturated carbocycles. The Bertz CT molecular complexity index is 370. The lowest BCUT2D eigenvalue weighted by atomic mass is 9.97. The Hall–Kier alpha value is -1.27. The van der Waals surface area contributed by atoms with E-state index in [-0.39, 0.29) is 29.8 Å². The number of carbonyl (C=O) groups is 3. The van der Waals surface area contributed by atoms with Crippen molar-refractivity contribution in [1.82, 2.24) is 5.32 Å². The van der Waals surface area contributed by atoms with Crippen molar-refractivity contribution in [2.24, 2.45) is 5.92 Å². The Morgan fingerprint density at radius 3 is 2.26 bits per heavy atom. The van der Waals surface area contributed by atoms with Crippen molar-refractivity contribution in [2.75, 3.05) is 26.9 Å². The van der Waals surface area contributed by atoms with Crippen molar-refractivity contribution in [1.29, 1.82) is 0 Å². The number of carbonyl (C=O) groups excluding carboxylic acids is 3. The summed E-state index contributed by atoms with van der Waals surface area (Å²) in [6, 6.07) is -0.484. The number of amides is 1. The SMILES string of the molecule is CC[C@H](CC(C)=O)C(=O)N[C@H](CC)C(=O)CCCOCCOC. The van der Waals surface area contributed by atoms with Crippen LogP contribution in [-0.2, 0) is 23.9 Å². The number of rotatable bonds is 14. The van der Waals surface area contributed by atoms with E-state index in [4.69, 9.17) is 9.47 Å². The highest BCUT2D eigenvalue weighted by molar-refractivity contribution is 5.91. The van der Waals surface area contributed by atoms with Crippen molar-refractivity contribution in [2.45, 2.75) is 58.9 Å². The molecule has 2 atom stereocenters. The van der Waals surface area contributed by atoms with E-state index < -0.39 is 6.04 Å². The van der Waals surface area contributed by atoms with E-state index in [0.717, 1.165) is 0 Å². The van der Waals surface area contributed by atoms with Gasteiger partial charge in [-0.1, -0.05) is 13.8 Å². The van der Waals surface area contributed by atoms with Crippen molar-refractivity contribution in [3.05, 3.63) is 0 Å². The van der Waals surface area contributed by atoms with E-state index in [2.05, 4.69) is 5.32 Å². The molecule has 0 aromatic carbocycles. The second-order valence-corrected chi connectivity index (χ2v) is 5.66. The summed E-state index contributed by atoms with van der Waals surface area (Å²) < 4.78 is 10.2. The van der Waals surface area contributed by atoms with Crippen molar-refractivity contribution >= 4 is 17.5 Å². The summed E-state index contributed by atoms with van der Waals surface area (Å²) in [4.78, 5) is 35.5. The van der Waals surface area contributed by atoms with Crippen LogP contribution in [0.25, 0.3) is 0 Å². The van der Waals surface area contributed by atoms with E-state index in [0.29, 0.717) is 45.5 Å². The first-order valence-electron chi connectivity index (χ1n) is 8.35. The molecule has 0 aliphatic rings. The Labute approximate surface area is 139 Å². The van der Waals surface area contributed by atoms with Gasteiger partial charge in [0.1, 0.15) is 5.78 Å². The van der Waals surface area contributed by atoms with E-state index in [1.165, 1.54) is 6.92 Å². The van der Waals surface area contributed by atoms with E-state index >= 15 is 0 Å². The number of ether oxygens (including phenoxy) is 2. The maximum atomic E-state index is 12.2. The smallest absolute Gasteiger partial charge is 0.224 e. The van der Waals surface area contributed by atoms with Gasteiger partial charge in [0, 0.05) is 32.5 Å². The van der Waals surface area contributed by atoms with Gasteiger partial charge in [-0.25, -0.2) is 0 Å². The highest BCUT2D eigenvalue weighted by Crippen LogP contribution is 2.11. The van der Waals surface area contributed by atoms with Gasteiger partial charge in [0.2, 0.25) is 5.91 Å². The molecule has 1 amide bonds. The number of ketones is 2. The second kappa shape index (κ2) is 13.2.